The highest BCUT2D eigenvalue weighted by Gasteiger charge is 2.20. The standard InChI is InChI=1S/C22H30N4O3/c27-20(22-23-8-13-29-22)3-1-2-18-6-9-25(10-7-18)17-19-4-5-21(24-16-19)26-11-14-28-15-12-26/h4-5,8,13,16,18H,1-3,6-7,9-12,14-15,17H2. The molecular formula is C22H30N4O3. The predicted octanol–water partition coefficient (Wildman–Crippen LogP) is 3.17. The van der Waals surface area contributed by atoms with Gasteiger partial charge in [-0.1, -0.05) is 6.07 Å². The van der Waals surface area contributed by atoms with Crippen molar-refractivity contribution in [3.63, 3.8) is 0 Å². The molecule has 0 atom stereocenters. The summed E-state index contributed by atoms with van der Waals surface area (Å²) in [6, 6.07) is 4.34. The van der Waals surface area contributed by atoms with E-state index in [1.807, 2.05) is 6.20 Å². The van der Waals surface area contributed by atoms with Crippen LogP contribution in [0.3, 0.4) is 0 Å². The minimum atomic E-state index is 0.0143. The fourth-order valence-corrected chi connectivity index (χ4v) is 4.20. The summed E-state index contributed by atoms with van der Waals surface area (Å²) in [4.78, 5) is 25.3. The molecule has 156 valence electrons. The average Bonchev–Trinajstić information content (AvgIpc) is 3.31. The number of nitrogens with zero attached hydrogens (tertiary/aromatic N) is 4. The molecule has 7 heteroatoms. The van der Waals surface area contributed by atoms with Crippen molar-refractivity contribution in [1.82, 2.24) is 14.9 Å². The highest BCUT2D eigenvalue weighted by Crippen LogP contribution is 2.24. The van der Waals surface area contributed by atoms with Crippen LogP contribution in [-0.4, -0.2) is 60.0 Å². The van der Waals surface area contributed by atoms with Crippen molar-refractivity contribution in [2.75, 3.05) is 44.3 Å². The van der Waals surface area contributed by atoms with Crippen LogP contribution < -0.4 is 4.90 Å². The van der Waals surface area contributed by atoms with Crippen LogP contribution in [0.15, 0.2) is 35.2 Å². The lowest BCUT2D eigenvalue weighted by atomic mass is 9.91. The number of pyridine rings is 1. The van der Waals surface area contributed by atoms with Crippen molar-refractivity contribution in [1.29, 1.82) is 0 Å². The fraction of sp³-hybridized carbons (Fsp3) is 0.591. The van der Waals surface area contributed by atoms with Crippen LogP contribution in [0.2, 0.25) is 0 Å². The summed E-state index contributed by atoms with van der Waals surface area (Å²) in [5, 5.41) is 0. The zero-order valence-electron chi connectivity index (χ0n) is 17.0. The van der Waals surface area contributed by atoms with Crippen LogP contribution >= 0.6 is 0 Å². The first-order valence-corrected chi connectivity index (χ1v) is 10.7. The lowest BCUT2D eigenvalue weighted by molar-refractivity contribution is 0.0940. The van der Waals surface area contributed by atoms with Crippen LogP contribution in [0.5, 0.6) is 0 Å². The number of rotatable bonds is 8. The molecule has 29 heavy (non-hydrogen) atoms. The summed E-state index contributed by atoms with van der Waals surface area (Å²) < 4.78 is 10.5. The van der Waals surface area contributed by atoms with Crippen molar-refractivity contribution in [3.05, 3.63) is 42.2 Å². The lowest BCUT2D eigenvalue weighted by Crippen LogP contribution is -2.36. The van der Waals surface area contributed by atoms with E-state index in [0.717, 1.165) is 64.6 Å². The number of piperidine rings is 1. The highest BCUT2D eigenvalue weighted by atomic mass is 16.5. The lowest BCUT2D eigenvalue weighted by Gasteiger charge is -2.32. The summed E-state index contributed by atoms with van der Waals surface area (Å²) in [5.74, 6) is 2.02. The molecule has 2 aromatic rings. The molecule has 0 spiro atoms. The van der Waals surface area contributed by atoms with E-state index in [1.165, 1.54) is 30.9 Å². The van der Waals surface area contributed by atoms with Gasteiger partial charge in [-0.05, 0) is 56.3 Å². The van der Waals surface area contributed by atoms with Gasteiger partial charge in [0.25, 0.3) is 5.89 Å². The van der Waals surface area contributed by atoms with Gasteiger partial charge < -0.3 is 14.1 Å². The molecule has 0 N–H and O–H groups in total. The van der Waals surface area contributed by atoms with Gasteiger partial charge in [0.05, 0.1) is 19.4 Å². The molecule has 2 fully saturated rings. The van der Waals surface area contributed by atoms with E-state index in [0.29, 0.717) is 12.3 Å². The molecule has 2 saturated heterocycles. The number of morpholine rings is 1. The number of anilines is 1. The average molecular weight is 399 g/mol. The zero-order chi connectivity index (χ0) is 19.9. The molecule has 2 aromatic heterocycles. The Bertz CT molecular complexity index is 749. The van der Waals surface area contributed by atoms with Crippen molar-refractivity contribution in [2.45, 2.75) is 38.6 Å². The van der Waals surface area contributed by atoms with E-state index in [-0.39, 0.29) is 11.7 Å². The molecule has 0 aromatic carbocycles. The Hall–Kier alpha value is -2.25. The molecule has 0 aliphatic carbocycles. The van der Waals surface area contributed by atoms with Crippen molar-refractivity contribution in [2.24, 2.45) is 5.92 Å². The van der Waals surface area contributed by atoms with Gasteiger partial charge in [-0.2, -0.15) is 0 Å². The van der Waals surface area contributed by atoms with E-state index in [2.05, 4.69) is 31.9 Å². The predicted molar refractivity (Wildman–Crippen MR) is 110 cm³/mol. The molecule has 0 bridgehead atoms. The SMILES string of the molecule is O=C(CCCC1CCN(Cc2ccc(N3CCOCC3)nc2)CC1)c1ncco1. The highest BCUT2D eigenvalue weighted by molar-refractivity contribution is 5.91. The second kappa shape index (κ2) is 9.98. The number of hydrogen-bond acceptors (Lipinski definition) is 7. The van der Waals surface area contributed by atoms with Gasteiger partial charge in [-0.3, -0.25) is 9.69 Å². The largest absolute Gasteiger partial charge is 0.442 e. The smallest absolute Gasteiger partial charge is 0.263 e. The van der Waals surface area contributed by atoms with Gasteiger partial charge in [-0.15, -0.1) is 0 Å². The topological polar surface area (TPSA) is 71.7 Å². The van der Waals surface area contributed by atoms with E-state index in [4.69, 9.17) is 9.15 Å². The monoisotopic (exact) mass is 398 g/mol. The second-order valence-electron chi connectivity index (χ2n) is 8.00. The summed E-state index contributed by atoms with van der Waals surface area (Å²) in [5.41, 5.74) is 1.28. The molecule has 4 rings (SSSR count). The van der Waals surface area contributed by atoms with Gasteiger partial charge in [0, 0.05) is 32.3 Å². The first-order chi connectivity index (χ1) is 14.3. The molecule has 0 amide bonds. The number of aromatic nitrogens is 2. The van der Waals surface area contributed by atoms with E-state index in [1.54, 1.807) is 0 Å². The summed E-state index contributed by atoms with van der Waals surface area (Å²) in [6.07, 6.45) is 9.95. The van der Waals surface area contributed by atoms with E-state index in [9.17, 15) is 4.79 Å². The summed E-state index contributed by atoms with van der Waals surface area (Å²) >= 11 is 0. The second-order valence-corrected chi connectivity index (χ2v) is 8.00. The third-order valence-corrected chi connectivity index (χ3v) is 5.94. The molecule has 0 unspecified atom stereocenters. The molecule has 0 radical (unpaired) electrons. The number of carbonyl (C=O) groups is 1. The molecular weight excluding hydrogens is 368 g/mol. The Balaban J connectivity index is 1.15. The van der Waals surface area contributed by atoms with Crippen molar-refractivity contribution >= 4 is 11.6 Å². The quantitative estimate of drug-likeness (QED) is 0.633. The molecule has 2 aliphatic rings. The fourth-order valence-electron chi connectivity index (χ4n) is 4.20. The van der Waals surface area contributed by atoms with Gasteiger partial charge in [0.2, 0.25) is 5.78 Å². The molecule has 0 saturated carbocycles. The maximum Gasteiger partial charge on any atom is 0.263 e. The Morgan fingerprint density at radius 3 is 2.62 bits per heavy atom. The first kappa shape index (κ1) is 20.0. The number of ether oxygens (including phenoxy) is 1. The van der Waals surface area contributed by atoms with Crippen LogP contribution in [0, 0.1) is 5.92 Å². The maximum atomic E-state index is 11.9. The van der Waals surface area contributed by atoms with Gasteiger partial charge in [0.15, 0.2) is 0 Å². The number of oxazole rings is 1. The van der Waals surface area contributed by atoms with Crippen LogP contribution in [0.4, 0.5) is 5.82 Å². The number of likely N-dealkylation sites (tertiary alicyclic amines) is 1. The Morgan fingerprint density at radius 2 is 1.93 bits per heavy atom. The van der Waals surface area contributed by atoms with Crippen LogP contribution in [-0.2, 0) is 11.3 Å². The minimum absolute atomic E-state index is 0.0143. The van der Waals surface area contributed by atoms with Crippen molar-refractivity contribution < 1.29 is 13.9 Å². The normalized spacial score (nSPS) is 18.8. The van der Waals surface area contributed by atoms with Crippen LogP contribution in [0.25, 0.3) is 0 Å². The molecule has 7 nitrogen and oxygen atoms in total. The molecule has 2 aliphatic heterocycles. The van der Waals surface area contributed by atoms with Crippen LogP contribution in [0.1, 0.15) is 48.4 Å². The number of ketones is 1. The Morgan fingerprint density at radius 1 is 1.10 bits per heavy atom. The third-order valence-electron chi connectivity index (χ3n) is 5.94. The molecule has 4 heterocycles. The van der Waals surface area contributed by atoms with Gasteiger partial charge >= 0.3 is 0 Å². The first-order valence-electron chi connectivity index (χ1n) is 10.7. The zero-order valence-corrected chi connectivity index (χ0v) is 17.0. The third kappa shape index (κ3) is 5.64. The Labute approximate surface area is 172 Å². The summed E-state index contributed by atoms with van der Waals surface area (Å²) in [7, 11) is 0. The van der Waals surface area contributed by atoms with E-state index >= 15 is 0 Å². The van der Waals surface area contributed by atoms with E-state index < -0.39 is 0 Å². The summed E-state index contributed by atoms with van der Waals surface area (Å²) in [6.45, 7) is 6.60. The Kier molecular flexibility index (Phi) is 6.90. The minimum Gasteiger partial charge on any atom is -0.442 e. The number of carbonyl (C=O) groups excluding carboxylic acids is 1. The van der Waals surface area contributed by atoms with Crippen molar-refractivity contribution in [3.8, 4) is 0 Å². The van der Waals surface area contributed by atoms with Gasteiger partial charge in [-0.25, -0.2) is 9.97 Å². The maximum absolute atomic E-state index is 11.9. The van der Waals surface area contributed by atoms with Gasteiger partial charge in [0.1, 0.15) is 12.1 Å². The number of Topliss-reactive ketones (excluding diaryl/α,β-unsaturated/α-hetero) is 1. The number of hydrogen-bond donors (Lipinski definition) is 0.